The minimum Gasteiger partial charge on any atom is -0.364 e. The number of thiazole rings is 1. The Morgan fingerprint density at radius 3 is 2.68 bits per heavy atom. The molecule has 0 saturated carbocycles. The fourth-order valence-electron chi connectivity index (χ4n) is 1.43. The average molecular weight is 277 g/mol. The number of aromatic nitrogens is 3. The molecule has 0 bridgehead atoms. The Balaban J connectivity index is 1.97. The highest BCUT2D eigenvalue weighted by atomic mass is 32.1. The maximum atomic E-state index is 11.6. The molecule has 0 saturated heterocycles. The summed E-state index contributed by atoms with van der Waals surface area (Å²) in [5.74, 6) is 0.485. The molecule has 2 rings (SSSR count). The SMILES string of the molecule is Cc1ncc(CNc2ccc(C(=O)N(C)C)nn2)s1. The number of aryl methyl sites for hydroxylation is 1. The van der Waals surface area contributed by atoms with Crippen molar-refractivity contribution in [3.63, 3.8) is 0 Å². The first kappa shape index (κ1) is 13.4. The lowest BCUT2D eigenvalue weighted by Crippen LogP contribution is -2.23. The van der Waals surface area contributed by atoms with Crippen LogP contribution in [0.2, 0.25) is 0 Å². The normalized spacial score (nSPS) is 10.3. The Kier molecular flexibility index (Phi) is 4.06. The van der Waals surface area contributed by atoms with Gasteiger partial charge in [0.2, 0.25) is 0 Å². The van der Waals surface area contributed by atoms with E-state index < -0.39 is 0 Å². The Morgan fingerprint density at radius 2 is 2.16 bits per heavy atom. The molecule has 6 nitrogen and oxygen atoms in total. The summed E-state index contributed by atoms with van der Waals surface area (Å²) in [6.45, 7) is 2.62. The first-order valence-corrected chi connectivity index (χ1v) is 6.58. The van der Waals surface area contributed by atoms with Gasteiger partial charge >= 0.3 is 0 Å². The summed E-state index contributed by atoms with van der Waals surface area (Å²) in [6, 6.07) is 3.41. The molecule has 0 aromatic carbocycles. The zero-order chi connectivity index (χ0) is 13.8. The van der Waals surface area contributed by atoms with Gasteiger partial charge in [-0.1, -0.05) is 0 Å². The number of rotatable bonds is 4. The van der Waals surface area contributed by atoms with Crippen molar-refractivity contribution in [1.82, 2.24) is 20.1 Å². The van der Waals surface area contributed by atoms with Gasteiger partial charge in [0.25, 0.3) is 5.91 Å². The van der Waals surface area contributed by atoms with Crippen LogP contribution in [-0.2, 0) is 6.54 Å². The van der Waals surface area contributed by atoms with Crippen LogP contribution < -0.4 is 5.32 Å². The molecule has 7 heteroatoms. The van der Waals surface area contributed by atoms with Crippen LogP contribution in [0.15, 0.2) is 18.3 Å². The van der Waals surface area contributed by atoms with Crippen molar-refractivity contribution in [2.75, 3.05) is 19.4 Å². The van der Waals surface area contributed by atoms with Crippen LogP contribution in [-0.4, -0.2) is 40.1 Å². The van der Waals surface area contributed by atoms with Crippen molar-refractivity contribution in [2.45, 2.75) is 13.5 Å². The quantitative estimate of drug-likeness (QED) is 0.918. The van der Waals surface area contributed by atoms with E-state index in [4.69, 9.17) is 0 Å². The number of amides is 1. The van der Waals surface area contributed by atoms with Crippen LogP contribution in [0.5, 0.6) is 0 Å². The smallest absolute Gasteiger partial charge is 0.273 e. The number of nitrogens with one attached hydrogen (secondary N) is 1. The van der Waals surface area contributed by atoms with E-state index in [2.05, 4.69) is 20.5 Å². The first-order chi connectivity index (χ1) is 9.06. The van der Waals surface area contributed by atoms with E-state index in [1.54, 1.807) is 37.6 Å². The first-order valence-electron chi connectivity index (χ1n) is 5.77. The maximum absolute atomic E-state index is 11.6. The molecular formula is C12H15N5OS. The summed E-state index contributed by atoms with van der Waals surface area (Å²) in [6.07, 6.45) is 1.84. The molecule has 1 amide bonds. The van der Waals surface area contributed by atoms with E-state index in [9.17, 15) is 4.79 Å². The third-order valence-electron chi connectivity index (χ3n) is 2.40. The van der Waals surface area contributed by atoms with Crippen LogP contribution >= 0.6 is 11.3 Å². The second-order valence-electron chi connectivity index (χ2n) is 4.20. The van der Waals surface area contributed by atoms with E-state index >= 15 is 0 Å². The Labute approximate surface area is 115 Å². The monoisotopic (exact) mass is 277 g/mol. The molecule has 0 aliphatic rings. The second kappa shape index (κ2) is 5.75. The van der Waals surface area contributed by atoms with Crippen LogP contribution in [0.25, 0.3) is 0 Å². The van der Waals surface area contributed by atoms with Crippen molar-refractivity contribution in [3.05, 3.63) is 33.9 Å². The molecule has 0 aliphatic carbocycles. The Hall–Kier alpha value is -2.02. The van der Waals surface area contributed by atoms with Gasteiger partial charge in [0.1, 0.15) is 5.82 Å². The predicted octanol–water partition coefficient (Wildman–Crippen LogP) is 1.56. The fourth-order valence-corrected chi connectivity index (χ4v) is 2.17. The van der Waals surface area contributed by atoms with Crippen molar-refractivity contribution < 1.29 is 4.79 Å². The van der Waals surface area contributed by atoms with E-state index in [1.165, 1.54) is 4.90 Å². The molecule has 2 heterocycles. The van der Waals surface area contributed by atoms with Crippen molar-refractivity contribution >= 4 is 23.1 Å². The highest BCUT2D eigenvalue weighted by Crippen LogP contribution is 2.13. The molecule has 19 heavy (non-hydrogen) atoms. The van der Waals surface area contributed by atoms with E-state index in [1.807, 2.05) is 13.1 Å². The third kappa shape index (κ3) is 3.47. The molecule has 2 aromatic heterocycles. The number of carbonyl (C=O) groups is 1. The summed E-state index contributed by atoms with van der Waals surface area (Å²) in [7, 11) is 3.37. The van der Waals surface area contributed by atoms with Gasteiger partial charge in [0, 0.05) is 25.2 Å². The molecule has 100 valence electrons. The zero-order valence-electron chi connectivity index (χ0n) is 11.0. The lowest BCUT2D eigenvalue weighted by Gasteiger charge is -2.09. The van der Waals surface area contributed by atoms with Crippen molar-refractivity contribution in [2.24, 2.45) is 0 Å². The molecule has 2 aromatic rings. The molecule has 0 unspecified atom stereocenters. The van der Waals surface area contributed by atoms with Gasteiger partial charge in [-0.25, -0.2) is 4.98 Å². The number of hydrogen-bond acceptors (Lipinski definition) is 6. The van der Waals surface area contributed by atoms with Gasteiger partial charge in [-0.15, -0.1) is 21.5 Å². The number of carbonyl (C=O) groups excluding carboxylic acids is 1. The number of anilines is 1. The highest BCUT2D eigenvalue weighted by molar-refractivity contribution is 7.11. The molecular weight excluding hydrogens is 262 g/mol. The van der Waals surface area contributed by atoms with Gasteiger partial charge in [0.05, 0.1) is 11.6 Å². The van der Waals surface area contributed by atoms with Gasteiger partial charge in [0.15, 0.2) is 5.69 Å². The number of hydrogen-bond donors (Lipinski definition) is 1. The second-order valence-corrected chi connectivity index (χ2v) is 5.52. The van der Waals surface area contributed by atoms with Crippen LogP contribution in [0.3, 0.4) is 0 Å². The average Bonchev–Trinajstić information content (AvgIpc) is 2.82. The largest absolute Gasteiger partial charge is 0.364 e. The van der Waals surface area contributed by atoms with E-state index in [0.717, 1.165) is 9.88 Å². The maximum Gasteiger partial charge on any atom is 0.273 e. The molecule has 0 radical (unpaired) electrons. The third-order valence-corrected chi connectivity index (χ3v) is 3.32. The molecule has 1 N–H and O–H groups in total. The topological polar surface area (TPSA) is 71.0 Å². The van der Waals surface area contributed by atoms with Gasteiger partial charge in [-0.3, -0.25) is 4.79 Å². The lowest BCUT2D eigenvalue weighted by atomic mass is 10.3. The Bertz CT molecular complexity index is 564. The fraction of sp³-hybridized carbons (Fsp3) is 0.333. The predicted molar refractivity (Wildman–Crippen MR) is 74.2 cm³/mol. The van der Waals surface area contributed by atoms with E-state index in [-0.39, 0.29) is 5.91 Å². The summed E-state index contributed by atoms with van der Waals surface area (Å²) in [5, 5.41) is 12.1. The van der Waals surface area contributed by atoms with E-state index in [0.29, 0.717) is 18.1 Å². The van der Waals surface area contributed by atoms with Gasteiger partial charge in [-0.2, -0.15) is 0 Å². The molecule has 0 fully saturated rings. The summed E-state index contributed by atoms with van der Waals surface area (Å²) in [5.41, 5.74) is 0.337. The van der Waals surface area contributed by atoms with Crippen LogP contribution in [0, 0.1) is 6.92 Å². The van der Waals surface area contributed by atoms with Gasteiger partial charge < -0.3 is 10.2 Å². The lowest BCUT2D eigenvalue weighted by molar-refractivity contribution is 0.0821. The minimum absolute atomic E-state index is 0.155. The molecule has 0 aliphatic heterocycles. The van der Waals surface area contributed by atoms with Crippen molar-refractivity contribution in [3.8, 4) is 0 Å². The zero-order valence-corrected chi connectivity index (χ0v) is 11.9. The summed E-state index contributed by atoms with van der Waals surface area (Å²) in [4.78, 5) is 18.4. The summed E-state index contributed by atoms with van der Waals surface area (Å²) >= 11 is 1.64. The Morgan fingerprint density at radius 1 is 1.37 bits per heavy atom. The molecule has 0 spiro atoms. The standard InChI is InChI=1S/C12H15N5OS/c1-8-13-6-9(19-8)7-14-11-5-4-10(15-16-11)12(18)17(2)3/h4-6H,7H2,1-3H3,(H,14,16). The minimum atomic E-state index is -0.155. The number of nitrogens with zero attached hydrogens (tertiary/aromatic N) is 4. The molecule has 0 atom stereocenters. The van der Waals surface area contributed by atoms with Crippen LogP contribution in [0.1, 0.15) is 20.4 Å². The van der Waals surface area contributed by atoms with Crippen LogP contribution in [0.4, 0.5) is 5.82 Å². The van der Waals surface area contributed by atoms with Crippen molar-refractivity contribution in [1.29, 1.82) is 0 Å². The van der Waals surface area contributed by atoms with Gasteiger partial charge in [-0.05, 0) is 19.1 Å². The summed E-state index contributed by atoms with van der Waals surface area (Å²) < 4.78 is 0. The highest BCUT2D eigenvalue weighted by Gasteiger charge is 2.09.